The molecule has 1 N–H and O–H groups in total. The summed E-state index contributed by atoms with van der Waals surface area (Å²) in [5.74, 6) is 0. The second-order valence-electron chi connectivity index (χ2n) is 5.85. The van der Waals surface area contributed by atoms with Gasteiger partial charge in [0.15, 0.2) is 0 Å². The monoisotopic (exact) mass is 282 g/mol. The fourth-order valence-electron chi connectivity index (χ4n) is 2.71. The van der Waals surface area contributed by atoms with E-state index in [0.717, 1.165) is 6.54 Å². The van der Waals surface area contributed by atoms with Gasteiger partial charge in [-0.15, -0.1) is 0 Å². The average molecular weight is 282 g/mol. The van der Waals surface area contributed by atoms with Crippen molar-refractivity contribution in [3.05, 3.63) is 64.7 Å². The molecule has 112 valence electrons. The molecule has 0 aliphatic heterocycles. The van der Waals surface area contributed by atoms with Crippen molar-refractivity contribution in [1.82, 2.24) is 5.32 Å². The lowest BCUT2D eigenvalue weighted by Crippen LogP contribution is -2.31. The molecule has 0 saturated carbocycles. The highest BCUT2D eigenvalue weighted by Crippen LogP contribution is 2.22. The molecular formula is C19H26N2. The Hall–Kier alpha value is -1.80. The van der Waals surface area contributed by atoms with Crippen LogP contribution in [0.2, 0.25) is 0 Å². The zero-order valence-electron chi connectivity index (χ0n) is 13.8. The van der Waals surface area contributed by atoms with Gasteiger partial charge < -0.3 is 10.2 Å². The molecule has 2 nitrogen and oxygen atoms in total. The number of anilines is 1. The third-order valence-electron chi connectivity index (χ3n) is 4.26. The second kappa shape index (κ2) is 6.77. The first-order valence-corrected chi connectivity index (χ1v) is 7.54. The van der Waals surface area contributed by atoms with E-state index >= 15 is 0 Å². The van der Waals surface area contributed by atoms with Crippen LogP contribution in [0.25, 0.3) is 0 Å². The molecule has 0 spiro atoms. The van der Waals surface area contributed by atoms with E-state index in [1.807, 2.05) is 7.05 Å². The minimum absolute atomic E-state index is 0.328. The van der Waals surface area contributed by atoms with Crippen molar-refractivity contribution in [2.24, 2.45) is 0 Å². The minimum atomic E-state index is 0.328. The number of likely N-dealkylation sites (N-methyl/N-ethyl adjacent to an activating group) is 2. The van der Waals surface area contributed by atoms with E-state index in [4.69, 9.17) is 0 Å². The van der Waals surface area contributed by atoms with Crippen molar-refractivity contribution >= 4 is 5.69 Å². The number of aryl methyl sites for hydroxylation is 3. The highest BCUT2D eigenvalue weighted by molar-refractivity contribution is 5.52. The molecule has 0 aromatic heterocycles. The third kappa shape index (κ3) is 3.64. The molecule has 0 aliphatic rings. The first-order chi connectivity index (χ1) is 10.0. The lowest BCUT2D eigenvalue weighted by molar-refractivity contribution is 0.588. The molecule has 0 radical (unpaired) electrons. The van der Waals surface area contributed by atoms with E-state index < -0.39 is 0 Å². The second-order valence-corrected chi connectivity index (χ2v) is 5.85. The number of rotatable bonds is 5. The van der Waals surface area contributed by atoms with Gasteiger partial charge in [-0.3, -0.25) is 0 Å². The lowest BCUT2D eigenvalue weighted by Gasteiger charge is -2.27. The molecule has 0 heterocycles. The molecule has 1 atom stereocenters. The van der Waals surface area contributed by atoms with Crippen LogP contribution in [0.3, 0.4) is 0 Å². The maximum Gasteiger partial charge on any atom is 0.0495 e. The SMILES string of the molecule is CNC(CN(C)c1ccccc1C)c1ccc(C)c(C)c1. The standard InChI is InChI=1S/C19H26N2/c1-14-10-11-17(12-16(14)3)18(20-4)13-21(5)19-9-7-6-8-15(19)2/h6-12,18,20H,13H2,1-5H3. The topological polar surface area (TPSA) is 15.3 Å². The Kier molecular flexibility index (Phi) is 5.03. The molecule has 2 aromatic carbocycles. The molecule has 2 rings (SSSR count). The Labute approximate surface area is 128 Å². The van der Waals surface area contributed by atoms with Crippen LogP contribution in [-0.2, 0) is 0 Å². The van der Waals surface area contributed by atoms with E-state index in [9.17, 15) is 0 Å². The zero-order valence-corrected chi connectivity index (χ0v) is 13.8. The molecule has 2 aromatic rings. The molecule has 0 fully saturated rings. The molecule has 1 unspecified atom stereocenters. The summed E-state index contributed by atoms with van der Waals surface area (Å²) in [6.07, 6.45) is 0. The van der Waals surface area contributed by atoms with Gasteiger partial charge in [0, 0.05) is 25.3 Å². The molecular weight excluding hydrogens is 256 g/mol. The number of nitrogens with one attached hydrogen (secondary N) is 1. The number of nitrogens with zero attached hydrogens (tertiary/aromatic N) is 1. The summed E-state index contributed by atoms with van der Waals surface area (Å²) >= 11 is 0. The molecule has 0 bridgehead atoms. The maximum atomic E-state index is 3.44. The lowest BCUT2D eigenvalue weighted by atomic mass is 10.0. The highest BCUT2D eigenvalue weighted by Gasteiger charge is 2.14. The first kappa shape index (κ1) is 15.6. The van der Waals surface area contributed by atoms with Crippen molar-refractivity contribution in [2.45, 2.75) is 26.8 Å². The summed E-state index contributed by atoms with van der Waals surface area (Å²) in [6.45, 7) is 7.45. The summed E-state index contributed by atoms with van der Waals surface area (Å²) < 4.78 is 0. The summed E-state index contributed by atoms with van der Waals surface area (Å²) in [7, 11) is 4.19. The maximum absolute atomic E-state index is 3.44. The van der Waals surface area contributed by atoms with E-state index in [1.165, 1.54) is 27.9 Å². The summed E-state index contributed by atoms with van der Waals surface area (Å²) in [4.78, 5) is 2.33. The van der Waals surface area contributed by atoms with Gasteiger partial charge in [0.25, 0.3) is 0 Å². The van der Waals surface area contributed by atoms with Crippen molar-refractivity contribution in [3.8, 4) is 0 Å². The molecule has 2 heteroatoms. The van der Waals surface area contributed by atoms with Crippen LogP contribution >= 0.6 is 0 Å². The van der Waals surface area contributed by atoms with Crippen LogP contribution < -0.4 is 10.2 Å². The number of hydrogen-bond donors (Lipinski definition) is 1. The van der Waals surface area contributed by atoms with E-state index in [-0.39, 0.29) is 0 Å². The fraction of sp³-hybridized carbons (Fsp3) is 0.368. The average Bonchev–Trinajstić information content (AvgIpc) is 2.48. The van der Waals surface area contributed by atoms with E-state index in [0.29, 0.717) is 6.04 Å². The van der Waals surface area contributed by atoms with Crippen LogP contribution in [-0.4, -0.2) is 20.6 Å². The van der Waals surface area contributed by atoms with Crippen molar-refractivity contribution in [2.75, 3.05) is 25.5 Å². The number of hydrogen-bond acceptors (Lipinski definition) is 2. The fourth-order valence-corrected chi connectivity index (χ4v) is 2.71. The Balaban J connectivity index is 2.19. The normalized spacial score (nSPS) is 12.2. The summed E-state index contributed by atoms with van der Waals surface area (Å²) in [5, 5.41) is 3.44. The number of benzene rings is 2. The van der Waals surface area contributed by atoms with E-state index in [1.54, 1.807) is 0 Å². The first-order valence-electron chi connectivity index (χ1n) is 7.54. The van der Waals surface area contributed by atoms with Crippen LogP contribution in [0.1, 0.15) is 28.3 Å². The quantitative estimate of drug-likeness (QED) is 0.891. The van der Waals surface area contributed by atoms with Gasteiger partial charge in [0.1, 0.15) is 0 Å². The van der Waals surface area contributed by atoms with Gasteiger partial charge in [-0.25, -0.2) is 0 Å². The van der Waals surface area contributed by atoms with Crippen LogP contribution in [0.4, 0.5) is 5.69 Å². The van der Waals surface area contributed by atoms with Gasteiger partial charge in [0.05, 0.1) is 0 Å². The smallest absolute Gasteiger partial charge is 0.0495 e. The number of para-hydroxylation sites is 1. The molecule has 0 amide bonds. The van der Waals surface area contributed by atoms with Crippen molar-refractivity contribution in [1.29, 1.82) is 0 Å². The highest BCUT2D eigenvalue weighted by atomic mass is 15.1. The van der Waals surface area contributed by atoms with Gasteiger partial charge in [0.2, 0.25) is 0 Å². The van der Waals surface area contributed by atoms with Gasteiger partial charge in [-0.1, -0.05) is 36.4 Å². The van der Waals surface area contributed by atoms with Crippen molar-refractivity contribution < 1.29 is 0 Å². The van der Waals surface area contributed by atoms with Gasteiger partial charge >= 0.3 is 0 Å². The van der Waals surface area contributed by atoms with Crippen LogP contribution in [0, 0.1) is 20.8 Å². The Morgan fingerprint density at radius 2 is 1.67 bits per heavy atom. The summed E-state index contributed by atoms with van der Waals surface area (Å²) in [6, 6.07) is 15.6. The Morgan fingerprint density at radius 3 is 2.29 bits per heavy atom. The van der Waals surface area contributed by atoms with Gasteiger partial charge in [-0.05, 0) is 56.1 Å². The molecule has 0 aliphatic carbocycles. The van der Waals surface area contributed by atoms with Gasteiger partial charge in [-0.2, -0.15) is 0 Å². The Bertz CT molecular complexity index is 604. The van der Waals surface area contributed by atoms with Crippen molar-refractivity contribution in [3.63, 3.8) is 0 Å². The summed E-state index contributed by atoms with van der Waals surface area (Å²) in [5.41, 5.74) is 6.66. The Morgan fingerprint density at radius 1 is 0.952 bits per heavy atom. The minimum Gasteiger partial charge on any atom is -0.372 e. The van der Waals surface area contributed by atoms with Crippen LogP contribution in [0.15, 0.2) is 42.5 Å². The largest absolute Gasteiger partial charge is 0.372 e. The van der Waals surface area contributed by atoms with Crippen LogP contribution in [0.5, 0.6) is 0 Å². The van der Waals surface area contributed by atoms with E-state index in [2.05, 4.69) is 80.5 Å². The molecule has 0 saturated heterocycles. The zero-order chi connectivity index (χ0) is 15.4. The predicted octanol–water partition coefficient (Wildman–Crippen LogP) is 4.01. The molecule has 21 heavy (non-hydrogen) atoms. The third-order valence-corrected chi connectivity index (χ3v) is 4.26. The predicted molar refractivity (Wildman–Crippen MR) is 92.2 cm³/mol.